The Morgan fingerprint density at radius 3 is 3.11 bits per heavy atom. The fourth-order valence-electron chi connectivity index (χ4n) is 0.926. The van der Waals surface area contributed by atoms with E-state index in [4.69, 9.17) is 0 Å². The molecule has 0 aromatic heterocycles. The van der Waals surface area contributed by atoms with Crippen LogP contribution in [0.5, 0.6) is 0 Å². The molecule has 0 aromatic rings. The topological polar surface area (TPSA) is 24.1 Å². The molecule has 0 saturated heterocycles. The van der Waals surface area contributed by atoms with Gasteiger partial charge in [0, 0.05) is 12.7 Å². The molecule has 1 heterocycles. The maximum absolute atomic E-state index is 3.09. The molecular weight excluding hydrogens is 112 g/mol. The molecule has 2 N–H and O–H groups in total. The lowest BCUT2D eigenvalue weighted by Gasteiger charge is -1.99. The predicted octanol–water partition coefficient (Wildman–Crippen LogP) is 1.17. The zero-order valence-electron chi connectivity index (χ0n) is 5.69. The second-order valence-corrected chi connectivity index (χ2v) is 2.32. The van der Waals surface area contributed by atoms with Crippen LogP contribution in [0.2, 0.25) is 0 Å². The van der Waals surface area contributed by atoms with Gasteiger partial charge in [0.2, 0.25) is 0 Å². The summed E-state index contributed by atoms with van der Waals surface area (Å²) in [6, 6.07) is 0. The van der Waals surface area contributed by atoms with Gasteiger partial charge in [-0.3, -0.25) is 0 Å². The summed E-state index contributed by atoms with van der Waals surface area (Å²) in [7, 11) is 0. The van der Waals surface area contributed by atoms with Gasteiger partial charge in [0.05, 0.1) is 0 Å². The van der Waals surface area contributed by atoms with Gasteiger partial charge in [-0.1, -0.05) is 12.5 Å². The fraction of sp³-hybridized carbons (Fsp3) is 0.714. The first-order valence-electron chi connectivity index (χ1n) is 3.63. The van der Waals surface area contributed by atoms with Gasteiger partial charge in [-0.05, 0) is 19.3 Å². The fourth-order valence-corrected chi connectivity index (χ4v) is 0.926. The van der Waals surface area contributed by atoms with E-state index in [1.54, 1.807) is 0 Å². The molecule has 0 aromatic carbocycles. The minimum atomic E-state index is 1.09. The Hall–Kier alpha value is -0.500. The molecule has 0 fully saturated rings. The molecule has 0 saturated carbocycles. The molecule has 52 valence electrons. The standard InChI is InChI=1S/C7H14N2/c1-2-4-6-8-9-7-5-3-1/h4,6,8-9H,1-3,5,7H2. The summed E-state index contributed by atoms with van der Waals surface area (Å²) in [5.74, 6) is 0. The Morgan fingerprint density at radius 1 is 1.11 bits per heavy atom. The Labute approximate surface area is 56.3 Å². The molecule has 2 nitrogen and oxygen atoms in total. The summed E-state index contributed by atoms with van der Waals surface area (Å²) >= 11 is 0. The second-order valence-electron chi connectivity index (χ2n) is 2.32. The largest absolute Gasteiger partial charge is 0.329 e. The third-order valence-electron chi connectivity index (χ3n) is 1.48. The van der Waals surface area contributed by atoms with Crippen molar-refractivity contribution >= 4 is 0 Å². The summed E-state index contributed by atoms with van der Waals surface area (Å²) in [6.07, 6.45) is 9.33. The highest BCUT2D eigenvalue weighted by molar-refractivity contribution is 4.78. The van der Waals surface area contributed by atoms with E-state index in [9.17, 15) is 0 Å². The summed E-state index contributed by atoms with van der Waals surface area (Å²) in [6.45, 7) is 1.09. The van der Waals surface area contributed by atoms with Crippen molar-refractivity contribution < 1.29 is 0 Å². The lowest BCUT2D eigenvalue weighted by molar-refractivity contribution is 0.581. The van der Waals surface area contributed by atoms with E-state index in [-0.39, 0.29) is 0 Å². The second kappa shape index (κ2) is 4.39. The van der Waals surface area contributed by atoms with Crippen molar-refractivity contribution in [3.63, 3.8) is 0 Å². The zero-order chi connectivity index (χ0) is 6.36. The SMILES string of the molecule is C1=CNNCCCCC1. The van der Waals surface area contributed by atoms with Crippen molar-refractivity contribution in [2.24, 2.45) is 0 Å². The molecule has 0 radical (unpaired) electrons. The smallest absolute Gasteiger partial charge is 0.0147 e. The Morgan fingerprint density at radius 2 is 2.11 bits per heavy atom. The third-order valence-corrected chi connectivity index (χ3v) is 1.48. The molecule has 0 spiro atoms. The number of allylic oxidation sites excluding steroid dienone is 1. The van der Waals surface area contributed by atoms with E-state index in [0.717, 1.165) is 6.54 Å². The van der Waals surface area contributed by atoms with Gasteiger partial charge in [-0.15, -0.1) is 0 Å². The molecule has 1 aliphatic heterocycles. The van der Waals surface area contributed by atoms with Gasteiger partial charge in [0.15, 0.2) is 0 Å². The summed E-state index contributed by atoms with van der Waals surface area (Å²) in [4.78, 5) is 0. The first-order chi connectivity index (χ1) is 4.50. The lowest BCUT2D eigenvalue weighted by atomic mass is 10.2. The highest BCUT2D eigenvalue weighted by Gasteiger charge is 1.88. The Balaban J connectivity index is 2.15. The van der Waals surface area contributed by atoms with Crippen LogP contribution in [0.4, 0.5) is 0 Å². The predicted molar refractivity (Wildman–Crippen MR) is 38.7 cm³/mol. The average molecular weight is 126 g/mol. The van der Waals surface area contributed by atoms with E-state index in [0.29, 0.717) is 0 Å². The van der Waals surface area contributed by atoms with Gasteiger partial charge in [0.25, 0.3) is 0 Å². The van der Waals surface area contributed by atoms with Crippen LogP contribution in [0.3, 0.4) is 0 Å². The van der Waals surface area contributed by atoms with E-state index in [1.807, 2.05) is 6.20 Å². The zero-order valence-corrected chi connectivity index (χ0v) is 5.69. The van der Waals surface area contributed by atoms with Gasteiger partial charge < -0.3 is 5.43 Å². The van der Waals surface area contributed by atoms with Crippen LogP contribution in [-0.2, 0) is 0 Å². The monoisotopic (exact) mass is 126 g/mol. The molecule has 0 aliphatic carbocycles. The first kappa shape index (κ1) is 6.62. The highest BCUT2D eigenvalue weighted by atomic mass is 15.3. The quantitative estimate of drug-likeness (QED) is 0.509. The maximum Gasteiger partial charge on any atom is 0.0147 e. The van der Waals surface area contributed by atoms with E-state index in [2.05, 4.69) is 16.9 Å². The lowest BCUT2D eigenvalue weighted by Crippen LogP contribution is -2.27. The average Bonchev–Trinajstić information content (AvgIpc) is 2.00. The Kier molecular flexibility index (Phi) is 3.22. The molecule has 2 heteroatoms. The molecule has 0 bridgehead atoms. The van der Waals surface area contributed by atoms with Crippen LogP contribution in [-0.4, -0.2) is 6.54 Å². The van der Waals surface area contributed by atoms with Crippen molar-refractivity contribution in [1.29, 1.82) is 0 Å². The number of hydrogen-bond donors (Lipinski definition) is 2. The number of rotatable bonds is 0. The Bertz CT molecular complexity index is 78.9. The van der Waals surface area contributed by atoms with Gasteiger partial charge in [-0.2, -0.15) is 0 Å². The van der Waals surface area contributed by atoms with Crippen molar-refractivity contribution in [3.05, 3.63) is 12.3 Å². The van der Waals surface area contributed by atoms with Crippen LogP contribution >= 0.6 is 0 Å². The van der Waals surface area contributed by atoms with Crippen LogP contribution in [0.15, 0.2) is 12.3 Å². The minimum Gasteiger partial charge on any atom is -0.329 e. The van der Waals surface area contributed by atoms with Crippen molar-refractivity contribution in [3.8, 4) is 0 Å². The van der Waals surface area contributed by atoms with E-state index < -0.39 is 0 Å². The summed E-state index contributed by atoms with van der Waals surface area (Å²) < 4.78 is 0. The van der Waals surface area contributed by atoms with Gasteiger partial charge in [0.1, 0.15) is 0 Å². The van der Waals surface area contributed by atoms with Gasteiger partial charge in [-0.25, -0.2) is 5.43 Å². The molecule has 0 atom stereocenters. The minimum absolute atomic E-state index is 1.09. The number of hydrogen-bond acceptors (Lipinski definition) is 2. The van der Waals surface area contributed by atoms with Gasteiger partial charge >= 0.3 is 0 Å². The summed E-state index contributed by atoms with van der Waals surface area (Å²) in [5.41, 5.74) is 6.09. The molecule has 9 heavy (non-hydrogen) atoms. The van der Waals surface area contributed by atoms with Crippen molar-refractivity contribution in [2.75, 3.05) is 6.54 Å². The number of hydrazine groups is 1. The van der Waals surface area contributed by atoms with E-state index in [1.165, 1.54) is 25.7 Å². The van der Waals surface area contributed by atoms with Crippen molar-refractivity contribution in [1.82, 2.24) is 10.9 Å². The molecule has 0 unspecified atom stereocenters. The molecular formula is C7H14N2. The molecule has 0 amide bonds. The molecule has 1 rings (SSSR count). The normalized spacial score (nSPS) is 21.3. The first-order valence-corrected chi connectivity index (χ1v) is 3.63. The van der Waals surface area contributed by atoms with E-state index >= 15 is 0 Å². The van der Waals surface area contributed by atoms with Crippen LogP contribution < -0.4 is 10.9 Å². The maximum atomic E-state index is 3.09. The summed E-state index contributed by atoms with van der Waals surface area (Å²) in [5, 5.41) is 0. The highest BCUT2D eigenvalue weighted by Crippen LogP contribution is 1.99. The molecule has 1 aliphatic rings. The van der Waals surface area contributed by atoms with Crippen molar-refractivity contribution in [2.45, 2.75) is 25.7 Å². The number of nitrogens with one attached hydrogen (secondary N) is 2. The van der Waals surface area contributed by atoms with Crippen LogP contribution in [0.1, 0.15) is 25.7 Å². The van der Waals surface area contributed by atoms with Crippen LogP contribution in [0, 0.1) is 0 Å². The third kappa shape index (κ3) is 3.14. The van der Waals surface area contributed by atoms with Crippen LogP contribution in [0.25, 0.3) is 0 Å².